The number of hydrogen-bond acceptors (Lipinski definition) is 2. The fourth-order valence-electron chi connectivity index (χ4n) is 10.7. The summed E-state index contributed by atoms with van der Waals surface area (Å²) in [4.78, 5) is 11.2. The van der Waals surface area contributed by atoms with Gasteiger partial charge in [0.2, 0.25) is 5.95 Å². The molecule has 4 heteroatoms. The Kier molecular flexibility index (Phi) is 7.95. The summed E-state index contributed by atoms with van der Waals surface area (Å²) in [6.07, 6.45) is 0. The third kappa shape index (κ3) is 5.52. The molecule has 14 aromatic rings. The van der Waals surface area contributed by atoms with Crippen LogP contribution in [0.5, 0.6) is 0 Å². The quantitative estimate of drug-likeness (QED) is 0.162. The average Bonchev–Trinajstić information content (AvgIpc) is 3.90. The third-order valence-electron chi connectivity index (χ3n) is 13.7. The maximum atomic E-state index is 5.59. The molecule has 14 rings (SSSR count). The van der Waals surface area contributed by atoms with Gasteiger partial charge in [-0.2, -0.15) is 0 Å². The normalized spacial score (nSPS) is 11.9. The van der Waals surface area contributed by atoms with Crippen molar-refractivity contribution in [2.45, 2.75) is 0 Å². The van der Waals surface area contributed by atoms with Crippen LogP contribution in [0.1, 0.15) is 0 Å². The largest absolute Gasteiger partial charge is 0.309 e. The van der Waals surface area contributed by atoms with Gasteiger partial charge in [0.15, 0.2) is 0 Å². The summed E-state index contributed by atoms with van der Waals surface area (Å²) in [5, 5.41) is 14.3. The van der Waals surface area contributed by atoms with Gasteiger partial charge >= 0.3 is 0 Å². The van der Waals surface area contributed by atoms with Crippen LogP contribution in [-0.4, -0.2) is 19.1 Å². The second-order valence-electron chi connectivity index (χ2n) is 17.3. The molecule has 11 aromatic carbocycles. The Morgan fingerprint density at radius 3 is 1.18 bits per heavy atom. The Morgan fingerprint density at radius 1 is 0.258 bits per heavy atom. The summed E-state index contributed by atoms with van der Waals surface area (Å²) in [5.74, 6) is 0.631. The zero-order chi connectivity index (χ0) is 43.3. The van der Waals surface area contributed by atoms with Gasteiger partial charge in [-0.15, -0.1) is 0 Å². The number of nitrogens with zero attached hydrogens (tertiary/aromatic N) is 4. The smallest absolute Gasteiger partial charge is 0.235 e. The van der Waals surface area contributed by atoms with E-state index in [1.54, 1.807) is 0 Å². The number of rotatable bonds is 5. The van der Waals surface area contributed by atoms with Crippen molar-refractivity contribution in [3.8, 4) is 45.3 Å². The van der Waals surface area contributed by atoms with Crippen molar-refractivity contribution in [2.24, 2.45) is 0 Å². The van der Waals surface area contributed by atoms with Gasteiger partial charge in [0.25, 0.3) is 0 Å². The molecule has 0 aliphatic heterocycles. The van der Waals surface area contributed by atoms with E-state index in [-0.39, 0.29) is 0 Å². The second-order valence-corrected chi connectivity index (χ2v) is 17.3. The number of benzene rings is 11. The highest BCUT2D eigenvalue weighted by Gasteiger charge is 2.21. The van der Waals surface area contributed by atoms with Crippen molar-refractivity contribution < 1.29 is 0 Å². The lowest BCUT2D eigenvalue weighted by Gasteiger charge is -2.16. The average molecular weight is 839 g/mol. The summed E-state index contributed by atoms with van der Waals surface area (Å²) in [6.45, 7) is 0. The SMILES string of the molecule is c1ccc(-n2c3ccccc3c3cc(-c4ccc5c(c4)c4ccccc4n5-c4nc(-c5cc6ccccc6c6ccccc56)cc(-c5cc6ccccc6c6ccccc56)n4)ccc32)cc1. The van der Waals surface area contributed by atoms with Crippen LogP contribution in [0.25, 0.3) is 132 Å². The Hall–Kier alpha value is -8.86. The van der Waals surface area contributed by atoms with Crippen molar-refractivity contribution in [1.29, 1.82) is 0 Å². The highest BCUT2D eigenvalue weighted by atomic mass is 15.2. The summed E-state index contributed by atoms with van der Waals surface area (Å²) in [5.41, 5.74) is 11.9. The molecule has 0 saturated heterocycles. The van der Waals surface area contributed by atoms with Crippen LogP contribution in [0.4, 0.5) is 0 Å². The molecule has 0 N–H and O–H groups in total. The minimum Gasteiger partial charge on any atom is -0.309 e. The Bertz CT molecular complexity index is 4150. The molecular formula is C62H38N4. The monoisotopic (exact) mass is 838 g/mol. The lowest BCUT2D eigenvalue weighted by Crippen LogP contribution is -2.04. The molecule has 0 spiro atoms. The molecule has 0 radical (unpaired) electrons. The fraction of sp³-hybridized carbons (Fsp3) is 0. The van der Waals surface area contributed by atoms with Crippen molar-refractivity contribution in [1.82, 2.24) is 19.1 Å². The summed E-state index contributed by atoms with van der Waals surface area (Å²) >= 11 is 0. The Labute approximate surface area is 379 Å². The lowest BCUT2D eigenvalue weighted by atomic mass is 9.93. The molecule has 0 saturated carbocycles. The molecule has 0 atom stereocenters. The van der Waals surface area contributed by atoms with Crippen molar-refractivity contribution in [3.63, 3.8) is 0 Å². The molecule has 66 heavy (non-hydrogen) atoms. The molecule has 0 amide bonds. The predicted molar refractivity (Wildman–Crippen MR) is 277 cm³/mol. The molecule has 306 valence electrons. The molecule has 0 unspecified atom stereocenters. The minimum atomic E-state index is 0.631. The van der Waals surface area contributed by atoms with E-state index in [9.17, 15) is 0 Å². The van der Waals surface area contributed by atoms with Crippen molar-refractivity contribution in [2.75, 3.05) is 0 Å². The van der Waals surface area contributed by atoms with Crippen LogP contribution in [0.15, 0.2) is 231 Å². The Balaban J connectivity index is 1.02. The van der Waals surface area contributed by atoms with Crippen LogP contribution in [-0.2, 0) is 0 Å². The van der Waals surface area contributed by atoms with E-state index in [4.69, 9.17) is 9.97 Å². The minimum absolute atomic E-state index is 0.631. The maximum Gasteiger partial charge on any atom is 0.235 e. The molecule has 3 heterocycles. The summed E-state index contributed by atoms with van der Waals surface area (Å²) in [6, 6.07) is 83.4. The number of aromatic nitrogens is 4. The van der Waals surface area contributed by atoms with Gasteiger partial charge in [-0.1, -0.05) is 164 Å². The molecular weight excluding hydrogens is 801 g/mol. The van der Waals surface area contributed by atoms with Gasteiger partial charge in [-0.3, -0.25) is 4.57 Å². The molecule has 0 aliphatic rings. The van der Waals surface area contributed by atoms with E-state index in [1.807, 2.05) is 0 Å². The highest BCUT2D eigenvalue weighted by Crippen LogP contribution is 2.42. The highest BCUT2D eigenvalue weighted by molar-refractivity contribution is 6.16. The van der Waals surface area contributed by atoms with Gasteiger partial charge < -0.3 is 4.57 Å². The van der Waals surface area contributed by atoms with Gasteiger partial charge in [-0.05, 0) is 121 Å². The lowest BCUT2D eigenvalue weighted by molar-refractivity contribution is 0.997. The van der Waals surface area contributed by atoms with Crippen LogP contribution < -0.4 is 0 Å². The first-order valence-electron chi connectivity index (χ1n) is 22.6. The zero-order valence-corrected chi connectivity index (χ0v) is 35.7. The maximum absolute atomic E-state index is 5.59. The first kappa shape index (κ1) is 36.6. The van der Waals surface area contributed by atoms with Crippen LogP contribution in [0, 0.1) is 0 Å². The first-order valence-corrected chi connectivity index (χ1v) is 22.6. The van der Waals surface area contributed by atoms with Crippen molar-refractivity contribution >= 4 is 86.7 Å². The first-order chi connectivity index (χ1) is 32.7. The molecule has 4 nitrogen and oxygen atoms in total. The van der Waals surface area contributed by atoms with Crippen LogP contribution >= 0.6 is 0 Å². The van der Waals surface area contributed by atoms with Gasteiger partial charge in [0.1, 0.15) is 0 Å². The van der Waals surface area contributed by atoms with E-state index in [1.165, 1.54) is 59.7 Å². The van der Waals surface area contributed by atoms with Gasteiger partial charge in [-0.25, -0.2) is 9.97 Å². The summed E-state index contributed by atoms with van der Waals surface area (Å²) < 4.78 is 4.64. The standard InChI is InChI=1S/C62H38N4/c1-2-18-43(19-3-1)65-58-28-14-12-26-50(58)54-34-39(30-32-60(54)65)40-31-33-61-55(35-40)51-27-13-15-29-59(51)66(61)62-63-56(52-36-41-16-4-6-20-44(41)46-22-8-10-24-48(46)52)38-57(64-62)53-37-42-17-5-7-21-45(42)47-23-9-11-25-49(47)53/h1-38H. The molecule has 0 aliphatic carbocycles. The van der Waals surface area contributed by atoms with Crippen molar-refractivity contribution in [3.05, 3.63) is 231 Å². The van der Waals surface area contributed by atoms with E-state index >= 15 is 0 Å². The predicted octanol–water partition coefficient (Wildman–Crippen LogP) is 16.3. The van der Waals surface area contributed by atoms with E-state index < -0.39 is 0 Å². The van der Waals surface area contributed by atoms with Gasteiger partial charge in [0.05, 0.1) is 33.5 Å². The topological polar surface area (TPSA) is 35.6 Å². The number of para-hydroxylation sites is 3. The number of hydrogen-bond donors (Lipinski definition) is 0. The van der Waals surface area contributed by atoms with Crippen LogP contribution in [0.2, 0.25) is 0 Å². The van der Waals surface area contributed by atoms with E-state index in [0.29, 0.717) is 5.95 Å². The van der Waals surface area contributed by atoms with E-state index in [0.717, 1.165) is 66.3 Å². The third-order valence-corrected chi connectivity index (χ3v) is 13.7. The number of fused-ring (bicyclic) bond motifs is 12. The molecule has 3 aromatic heterocycles. The fourth-order valence-corrected chi connectivity index (χ4v) is 10.7. The Morgan fingerprint density at radius 2 is 0.652 bits per heavy atom. The van der Waals surface area contributed by atoms with Crippen LogP contribution in [0.3, 0.4) is 0 Å². The van der Waals surface area contributed by atoms with Gasteiger partial charge in [0, 0.05) is 38.4 Å². The van der Waals surface area contributed by atoms with E-state index in [2.05, 4.69) is 240 Å². The molecule has 0 fully saturated rings. The second kappa shape index (κ2) is 14.3. The zero-order valence-electron chi connectivity index (χ0n) is 35.7. The summed E-state index contributed by atoms with van der Waals surface area (Å²) in [7, 11) is 0. The molecule has 0 bridgehead atoms.